The summed E-state index contributed by atoms with van der Waals surface area (Å²) in [7, 11) is 0. The Bertz CT molecular complexity index is 1100. The molecule has 0 spiro atoms. The van der Waals surface area contributed by atoms with Crippen LogP contribution in [0.3, 0.4) is 0 Å². The molecule has 1 aliphatic heterocycles. The van der Waals surface area contributed by atoms with Gasteiger partial charge in [-0.25, -0.2) is 0 Å². The summed E-state index contributed by atoms with van der Waals surface area (Å²) in [6, 6.07) is 12.2. The Kier molecular flexibility index (Phi) is 5.38. The van der Waals surface area contributed by atoms with Gasteiger partial charge in [-0.05, 0) is 48.2 Å². The maximum absolute atomic E-state index is 12.1. The molecule has 3 heterocycles. The van der Waals surface area contributed by atoms with E-state index < -0.39 is 0 Å². The molecule has 4 rings (SSSR count). The number of carbonyl (C=O) groups is 1. The molecule has 0 bridgehead atoms. The van der Waals surface area contributed by atoms with Gasteiger partial charge in [0.1, 0.15) is 17.3 Å². The van der Waals surface area contributed by atoms with Crippen LogP contribution in [0.1, 0.15) is 11.5 Å². The summed E-state index contributed by atoms with van der Waals surface area (Å²) < 4.78 is 10.9. The summed E-state index contributed by atoms with van der Waals surface area (Å²) >= 11 is 13.6. The van der Waals surface area contributed by atoms with E-state index in [-0.39, 0.29) is 5.91 Å². The van der Waals surface area contributed by atoms with Gasteiger partial charge in [0.15, 0.2) is 5.17 Å². The van der Waals surface area contributed by atoms with Crippen molar-refractivity contribution in [3.8, 4) is 11.3 Å². The van der Waals surface area contributed by atoms with E-state index in [1.807, 2.05) is 0 Å². The summed E-state index contributed by atoms with van der Waals surface area (Å²) in [4.78, 5) is 12.6. The smallest absolute Gasteiger partial charge is 0.264 e. The number of amides is 1. The van der Waals surface area contributed by atoms with Crippen molar-refractivity contribution in [1.29, 1.82) is 0 Å². The van der Waals surface area contributed by atoms with Crippen LogP contribution in [0.15, 0.2) is 72.7 Å². The van der Waals surface area contributed by atoms with Crippen molar-refractivity contribution in [3.63, 3.8) is 0 Å². The first-order valence-electron chi connectivity index (χ1n) is 8.00. The minimum absolute atomic E-state index is 0.286. The Morgan fingerprint density at radius 3 is 2.61 bits per heavy atom. The molecule has 1 N–H and O–H groups in total. The maximum atomic E-state index is 12.1. The number of nitrogens with zero attached hydrogens (tertiary/aromatic N) is 2. The zero-order valence-electron chi connectivity index (χ0n) is 14.1. The lowest BCUT2D eigenvalue weighted by Gasteiger charge is -2.02. The first kappa shape index (κ1) is 18.6. The monoisotopic (exact) mass is 431 g/mol. The third-order valence-corrected chi connectivity index (χ3v) is 5.17. The first-order chi connectivity index (χ1) is 13.6. The van der Waals surface area contributed by atoms with E-state index in [1.54, 1.807) is 48.5 Å². The van der Waals surface area contributed by atoms with Gasteiger partial charge in [0.05, 0.1) is 33.0 Å². The minimum atomic E-state index is -0.286. The molecule has 1 saturated heterocycles. The first-order valence-corrected chi connectivity index (χ1v) is 9.57. The van der Waals surface area contributed by atoms with Crippen molar-refractivity contribution in [2.75, 3.05) is 0 Å². The fourth-order valence-electron chi connectivity index (χ4n) is 2.41. The van der Waals surface area contributed by atoms with Gasteiger partial charge < -0.3 is 8.83 Å². The van der Waals surface area contributed by atoms with Crippen molar-refractivity contribution in [3.05, 3.63) is 75.2 Å². The molecule has 140 valence electrons. The molecule has 1 amide bonds. The van der Waals surface area contributed by atoms with E-state index >= 15 is 0 Å². The SMILES string of the molecule is O=C1N/C(=N\N=C\c2ccco2)S/C1=C/c1ccc(-c2c(Cl)cccc2Cl)o1. The molecule has 0 radical (unpaired) electrons. The molecular weight excluding hydrogens is 421 g/mol. The Morgan fingerprint density at radius 1 is 1.04 bits per heavy atom. The molecule has 0 unspecified atom stereocenters. The Balaban J connectivity index is 1.52. The second kappa shape index (κ2) is 8.10. The van der Waals surface area contributed by atoms with Gasteiger partial charge in [0.2, 0.25) is 0 Å². The van der Waals surface area contributed by atoms with Gasteiger partial charge in [0.25, 0.3) is 5.91 Å². The number of benzene rings is 1. The van der Waals surface area contributed by atoms with Crippen LogP contribution in [0.2, 0.25) is 10.0 Å². The average molecular weight is 432 g/mol. The van der Waals surface area contributed by atoms with Crippen LogP contribution in [0, 0.1) is 0 Å². The Labute approximate surface area is 173 Å². The number of thioether (sulfide) groups is 1. The number of furan rings is 2. The molecule has 9 heteroatoms. The molecule has 6 nitrogen and oxygen atoms in total. The second-order valence-electron chi connectivity index (χ2n) is 5.53. The number of hydrogen-bond acceptors (Lipinski definition) is 6. The summed E-state index contributed by atoms with van der Waals surface area (Å²) in [5.74, 6) is 1.29. The van der Waals surface area contributed by atoms with Crippen LogP contribution in [-0.2, 0) is 4.79 Å². The lowest BCUT2D eigenvalue weighted by atomic mass is 10.2. The van der Waals surface area contributed by atoms with Crippen molar-refractivity contribution < 1.29 is 13.6 Å². The number of halogens is 2. The van der Waals surface area contributed by atoms with Gasteiger partial charge in [-0.15, -0.1) is 5.10 Å². The molecule has 0 atom stereocenters. The molecule has 3 aromatic rings. The number of hydrogen-bond donors (Lipinski definition) is 1. The van der Waals surface area contributed by atoms with Crippen molar-refractivity contribution >= 4 is 58.3 Å². The molecule has 28 heavy (non-hydrogen) atoms. The van der Waals surface area contributed by atoms with Crippen molar-refractivity contribution in [2.45, 2.75) is 0 Å². The highest BCUT2D eigenvalue weighted by Crippen LogP contribution is 2.36. The van der Waals surface area contributed by atoms with Crippen LogP contribution >= 0.6 is 35.0 Å². The van der Waals surface area contributed by atoms with E-state index in [4.69, 9.17) is 32.0 Å². The van der Waals surface area contributed by atoms with Gasteiger partial charge >= 0.3 is 0 Å². The quantitative estimate of drug-likeness (QED) is 0.338. The van der Waals surface area contributed by atoms with Crippen LogP contribution in [0.4, 0.5) is 0 Å². The van der Waals surface area contributed by atoms with E-state index in [0.717, 1.165) is 11.8 Å². The van der Waals surface area contributed by atoms with Crippen LogP contribution in [-0.4, -0.2) is 17.3 Å². The minimum Gasteiger partial charge on any atom is -0.463 e. The van der Waals surface area contributed by atoms with E-state index in [0.29, 0.717) is 43.0 Å². The maximum Gasteiger partial charge on any atom is 0.264 e. The van der Waals surface area contributed by atoms with Crippen LogP contribution < -0.4 is 5.32 Å². The standard InChI is InChI=1S/C19H11Cl2N3O3S/c20-13-4-1-5-14(21)17(13)15-7-6-11(27-15)9-16-18(25)23-19(28-16)24-22-10-12-3-2-8-26-12/h1-10H,(H,23,24,25)/b16-9+,22-10+. The molecule has 2 aromatic heterocycles. The normalized spacial score (nSPS) is 17.1. The van der Waals surface area contributed by atoms with E-state index in [9.17, 15) is 4.79 Å². The zero-order valence-corrected chi connectivity index (χ0v) is 16.4. The van der Waals surface area contributed by atoms with Gasteiger partial charge in [-0.3, -0.25) is 10.1 Å². The second-order valence-corrected chi connectivity index (χ2v) is 7.37. The lowest BCUT2D eigenvalue weighted by molar-refractivity contribution is -0.115. The highest BCUT2D eigenvalue weighted by molar-refractivity contribution is 8.18. The number of carbonyl (C=O) groups excluding carboxylic acids is 1. The molecule has 1 aromatic carbocycles. The summed E-state index contributed by atoms with van der Waals surface area (Å²) in [6.45, 7) is 0. The Hall–Kier alpha value is -2.74. The average Bonchev–Trinajstić information content (AvgIpc) is 3.39. The summed E-state index contributed by atoms with van der Waals surface area (Å²) in [5.41, 5.74) is 0.605. The fourth-order valence-corrected chi connectivity index (χ4v) is 3.75. The summed E-state index contributed by atoms with van der Waals surface area (Å²) in [6.07, 6.45) is 4.61. The topological polar surface area (TPSA) is 80.1 Å². The molecule has 0 saturated carbocycles. The lowest BCUT2D eigenvalue weighted by Crippen LogP contribution is -2.19. The molecule has 1 fully saturated rings. The van der Waals surface area contributed by atoms with Gasteiger partial charge in [0, 0.05) is 6.08 Å². The fraction of sp³-hybridized carbons (Fsp3) is 0. The van der Waals surface area contributed by atoms with Gasteiger partial charge in [-0.2, -0.15) is 5.10 Å². The predicted octanol–water partition coefficient (Wildman–Crippen LogP) is 5.44. The third-order valence-electron chi connectivity index (χ3n) is 3.64. The highest BCUT2D eigenvalue weighted by Gasteiger charge is 2.24. The van der Waals surface area contributed by atoms with E-state index in [2.05, 4.69) is 15.5 Å². The zero-order chi connectivity index (χ0) is 19.5. The predicted molar refractivity (Wildman–Crippen MR) is 112 cm³/mol. The third kappa shape index (κ3) is 4.06. The number of amidine groups is 1. The highest BCUT2D eigenvalue weighted by atomic mass is 35.5. The Morgan fingerprint density at radius 2 is 1.86 bits per heavy atom. The molecular formula is C19H11Cl2N3O3S. The van der Waals surface area contributed by atoms with Gasteiger partial charge in [-0.1, -0.05) is 29.3 Å². The number of rotatable bonds is 4. The number of nitrogens with one attached hydrogen (secondary N) is 1. The largest absolute Gasteiger partial charge is 0.463 e. The van der Waals surface area contributed by atoms with Crippen LogP contribution in [0.5, 0.6) is 0 Å². The van der Waals surface area contributed by atoms with Crippen molar-refractivity contribution in [1.82, 2.24) is 5.32 Å². The molecule has 0 aliphatic carbocycles. The van der Waals surface area contributed by atoms with E-state index in [1.165, 1.54) is 12.5 Å². The molecule has 1 aliphatic rings. The van der Waals surface area contributed by atoms with Crippen LogP contribution in [0.25, 0.3) is 17.4 Å². The van der Waals surface area contributed by atoms with Crippen molar-refractivity contribution in [2.24, 2.45) is 10.2 Å². The summed E-state index contributed by atoms with van der Waals surface area (Å²) in [5, 5.41) is 11.8.